The first-order chi connectivity index (χ1) is 8.62. The monoisotopic (exact) mass is 240 g/mol. The molecule has 0 saturated carbocycles. The molecular formula is C16H20N2. The smallest absolute Gasteiger partial charge is 0.0270 e. The Morgan fingerprint density at radius 3 is 2.06 bits per heavy atom. The zero-order valence-electron chi connectivity index (χ0n) is 11.1. The average molecular weight is 240 g/mol. The van der Waals surface area contributed by atoms with E-state index in [2.05, 4.69) is 55.2 Å². The van der Waals surface area contributed by atoms with Crippen molar-refractivity contribution in [3.8, 4) is 0 Å². The average Bonchev–Trinajstić information content (AvgIpc) is 2.40. The summed E-state index contributed by atoms with van der Waals surface area (Å²) in [6, 6.07) is 12.8. The van der Waals surface area contributed by atoms with E-state index in [4.69, 9.17) is 5.73 Å². The van der Waals surface area contributed by atoms with E-state index in [1.165, 1.54) is 16.7 Å². The summed E-state index contributed by atoms with van der Waals surface area (Å²) in [5.41, 5.74) is 9.74. The van der Waals surface area contributed by atoms with Gasteiger partial charge >= 0.3 is 0 Å². The molecule has 0 saturated heterocycles. The van der Waals surface area contributed by atoms with Gasteiger partial charge in [0.1, 0.15) is 0 Å². The number of pyridine rings is 1. The highest BCUT2D eigenvalue weighted by molar-refractivity contribution is 5.31. The maximum Gasteiger partial charge on any atom is 0.0270 e. The van der Waals surface area contributed by atoms with Gasteiger partial charge in [-0.15, -0.1) is 0 Å². The van der Waals surface area contributed by atoms with Crippen LogP contribution >= 0.6 is 0 Å². The topological polar surface area (TPSA) is 38.9 Å². The molecule has 0 bridgehead atoms. The maximum atomic E-state index is 5.79. The van der Waals surface area contributed by atoms with Gasteiger partial charge in [-0.3, -0.25) is 4.98 Å². The molecule has 2 nitrogen and oxygen atoms in total. The molecule has 1 aromatic heterocycles. The predicted octanol–water partition coefficient (Wildman–Crippen LogP) is 2.91. The van der Waals surface area contributed by atoms with Crippen LogP contribution in [-0.2, 0) is 11.8 Å². The standard InChI is InChI=1S/C16H20N2/c1-16(2,12-17)15-5-3-13(4-6-15)11-14-7-9-18-10-8-14/h3-10H,11-12,17H2,1-2H3. The van der Waals surface area contributed by atoms with Crippen molar-refractivity contribution in [2.45, 2.75) is 25.7 Å². The summed E-state index contributed by atoms with van der Waals surface area (Å²) in [4.78, 5) is 4.03. The second-order valence-electron chi connectivity index (χ2n) is 5.32. The van der Waals surface area contributed by atoms with Crippen molar-refractivity contribution in [2.75, 3.05) is 6.54 Å². The first-order valence-electron chi connectivity index (χ1n) is 6.30. The second-order valence-corrected chi connectivity index (χ2v) is 5.32. The van der Waals surface area contributed by atoms with Crippen LogP contribution in [0.3, 0.4) is 0 Å². The molecule has 0 fully saturated rings. The van der Waals surface area contributed by atoms with E-state index in [9.17, 15) is 0 Å². The van der Waals surface area contributed by atoms with Gasteiger partial charge in [0.2, 0.25) is 0 Å². The minimum absolute atomic E-state index is 0.0508. The summed E-state index contributed by atoms with van der Waals surface area (Å²) >= 11 is 0. The van der Waals surface area contributed by atoms with Gasteiger partial charge in [-0.25, -0.2) is 0 Å². The molecule has 18 heavy (non-hydrogen) atoms. The Morgan fingerprint density at radius 2 is 1.50 bits per heavy atom. The van der Waals surface area contributed by atoms with E-state index in [0.717, 1.165) is 6.42 Å². The Labute approximate surface area is 109 Å². The third-order valence-corrected chi connectivity index (χ3v) is 3.40. The van der Waals surface area contributed by atoms with Crippen LogP contribution in [0.25, 0.3) is 0 Å². The fourth-order valence-corrected chi connectivity index (χ4v) is 1.93. The fraction of sp³-hybridized carbons (Fsp3) is 0.312. The van der Waals surface area contributed by atoms with Gasteiger partial charge in [-0.2, -0.15) is 0 Å². The lowest BCUT2D eigenvalue weighted by molar-refractivity contribution is 0.539. The van der Waals surface area contributed by atoms with E-state index in [1.807, 2.05) is 12.4 Å². The minimum Gasteiger partial charge on any atom is -0.330 e. The highest BCUT2D eigenvalue weighted by atomic mass is 14.6. The number of nitrogens with zero attached hydrogens (tertiary/aromatic N) is 1. The largest absolute Gasteiger partial charge is 0.330 e. The highest BCUT2D eigenvalue weighted by Crippen LogP contribution is 2.22. The lowest BCUT2D eigenvalue weighted by atomic mass is 9.84. The third kappa shape index (κ3) is 2.96. The minimum atomic E-state index is 0.0508. The molecule has 0 aliphatic rings. The number of hydrogen-bond donors (Lipinski definition) is 1. The number of aromatic nitrogens is 1. The van der Waals surface area contributed by atoms with Crippen molar-refractivity contribution < 1.29 is 0 Å². The third-order valence-electron chi connectivity index (χ3n) is 3.40. The van der Waals surface area contributed by atoms with Crippen LogP contribution in [-0.4, -0.2) is 11.5 Å². The van der Waals surface area contributed by atoms with E-state index in [0.29, 0.717) is 6.54 Å². The van der Waals surface area contributed by atoms with Gasteiger partial charge in [0.15, 0.2) is 0 Å². The molecule has 2 heteroatoms. The van der Waals surface area contributed by atoms with Gasteiger partial charge in [0.25, 0.3) is 0 Å². The van der Waals surface area contributed by atoms with Gasteiger partial charge in [0, 0.05) is 24.4 Å². The molecule has 0 aliphatic carbocycles. The molecular weight excluding hydrogens is 220 g/mol. The van der Waals surface area contributed by atoms with Crippen molar-refractivity contribution in [1.29, 1.82) is 0 Å². The Balaban J connectivity index is 2.14. The zero-order valence-corrected chi connectivity index (χ0v) is 11.1. The first-order valence-corrected chi connectivity index (χ1v) is 6.30. The molecule has 1 heterocycles. The van der Waals surface area contributed by atoms with Crippen LogP contribution in [0, 0.1) is 0 Å². The van der Waals surface area contributed by atoms with E-state index in [-0.39, 0.29) is 5.41 Å². The molecule has 2 aromatic rings. The quantitative estimate of drug-likeness (QED) is 0.892. The Morgan fingerprint density at radius 1 is 0.944 bits per heavy atom. The SMILES string of the molecule is CC(C)(CN)c1ccc(Cc2ccncc2)cc1. The summed E-state index contributed by atoms with van der Waals surface area (Å²) in [7, 11) is 0. The molecule has 0 aliphatic heterocycles. The number of benzene rings is 1. The Hall–Kier alpha value is -1.67. The normalized spacial score (nSPS) is 11.5. The van der Waals surface area contributed by atoms with Crippen LogP contribution < -0.4 is 5.73 Å². The molecule has 0 amide bonds. The van der Waals surface area contributed by atoms with Crippen LogP contribution in [0.2, 0.25) is 0 Å². The number of nitrogens with two attached hydrogens (primary N) is 1. The van der Waals surface area contributed by atoms with Crippen molar-refractivity contribution >= 4 is 0 Å². The summed E-state index contributed by atoms with van der Waals surface area (Å²) in [5, 5.41) is 0. The van der Waals surface area contributed by atoms with Gasteiger partial charge in [-0.05, 0) is 35.2 Å². The molecule has 0 radical (unpaired) electrons. The molecule has 1 aromatic carbocycles. The second kappa shape index (κ2) is 5.32. The van der Waals surface area contributed by atoms with Crippen molar-refractivity contribution in [3.05, 3.63) is 65.5 Å². The fourth-order valence-electron chi connectivity index (χ4n) is 1.93. The number of hydrogen-bond acceptors (Lipinski definition) is 2. The summed E-state index contributed by atoms with van der Waals surface area (Å²) < 4.78 is 0. The Bertz CT molecular complexity index is 486. The summed E-state index contributed by atoms with van der Waals surface area (Å²) in [5.74, 6) is 0. The highest BCUT2D eigenvalue weighted by Gasteiger charge is 2.17. The van der Waals surface area contributed by atoms with Gasteiger partial charge < -0.3 is 5.73 Å². The molecule has 0 spiro atoms. The summed E-state index contributed by atoms with van der Waals surface area (Å²) in [6.07, 6.45) is 4.62. The van der Waals surface area contributed by atoms with E-state index < -0.39 is 0 Å². The number of rotatable bonds is 4. The van der Waals surface area contributed by atoms with Crippen LogP contribution in [0.5, 0.6) is 0 Å². The molecule has 0 unspecified atom stereocenters. The predicted molar refractivity (Wildman–Crippen MR) is 75.6 cm³/mol. The lowest BCUT2D eigenvalue weighted by Crippen LogP contribution is -2.27. The van der Waals surface area contributed by atoms with Gasteiger partial charge in [0.05, 0.1) is 0 Å². The zero-order chi connectivity index (χ0) is 13.0. The van der Waals surface area contributed by atoms with Crippen molar-refractivity contribution in [1.82, 2.24) is 4.98 Å². The summed E-state index contributed by atoms with van der Waals surface area (Å²) in [6.45, 7) is 5.01. The van der Waals surface area contributed by atoms with E-state index >= 15 is 0 Å². The molecule has 2 N–H and O–H groups in total. The molecule has 0 atom stereocenters. The van der Waals surface area contributed by atoms with Crippen molar-refractivity contribution in [3.63, 3.8) is 0 Å². The van der Waals surface area contributed by atoms with Crippen LogP contribution in [0.1, 0.15) is 30.5 Å². The maximum absolute atomic E-state index is 5.79. The molecule has 2 rings (SSSR count). The first kappa shape index (κ1) is 12.8. The van der Waals surface area contributed by atoms with Crippen LogP contribution in [0.4, 0.5) is 0 Å². The Kier molecular flexibility index (Phi) is 3.78. The van der Waals surface area contributed by atoms with Crippen LogP contribution in [0.15, 0.2) is 48.8 Å². The lowest BCUT2D eigenvalue weighted by Gasteiger charge is -2.23. The molecule has 94 valence electrons. The van der Waals surface area contributed by atoms with Gasteiger partial charge in [-0.1, -0.05) is 38.1 Å². The van der Waals surface area contributed by atoms with Crippen molar-refractivity contribution in [2.24, 2.45) is 5.73 Å². The van der Waals surface area contributed by atoms with E-state index in [1.54, 1.807) is 0 Å².